The highest BCUT2D eigenvalue weighted by Gasteiger charge is 2.08. The largest absolute Gasteiger partial charge is 0.366 e. The quantitative estimate of drug-likeness (QED) is 0.737. The number of aryl methyl sites for hydroxylation is 1. The second kappa shape index (κ2) is 7.77. The second-order valence-corrected chi connectivity index (χ2v) is 5.56. The highest BCUT2D eigenvalue weighted by Crippen LogP contribution is 2.18. The number of hydrogen-bond donors (Lipinski definition) is 1. The number of pyridine rings is 1. The van der Waals surface area contributed by atoms with Crippen LogP contribution in [-0.2, 0) is 6.42 Å². The second-order valence-electron chi connectivity index (χ2n) is 5.56. The number of nitrogens with zero attached hydrogens (tertiary/aromatic N) is 1. The third-order valence-corrected chi connectivity index (χ3v) is 3.83. The van der Waals surface area contributed by atoms with E-state index in [1.165, 1.54) is 32.1 Å². The first-order valence-electron chi connectivity index (χ1n) is 7.91. The molecular formula is C18H24N2O. The minimum absolute atomic E-state index is 0.412. The summed E-state index contributed by atoms with van der Waals surface area (Å²) in [6.45, 7) is 2.23. The molecule has 2 N–H and O–H groups in total. The van der Waals surface area contributed by atoms with Crippen molar-refractivity contribution < 1.29 is 4.79 Å². The molecule has 1 heterocycles. The first kappa shape index (κ1) is 15.5. The minimum Gasteiger partial charge on any atom is -0.366 e. The molecule has 0 bridgehead atoms. The maximum Gasteiger partial charge on any atom is 0.250 e. The van der Waals surface area contributed by atoms with Crippen LogP contribution in [0.1, 0.15) is 61.5 Å². The van der Waals surface area contributed by atoms with Crippen LogP contribution >= 0.6 is 0 Å². The Morgan fingerprint density at radius 1 is 1.05 bits per heavy atom. The molecule has 0 atom stereocenters. The smallest absolute Gasteiger partial charge is 0.250 e. The van der Waals surface area contributed by atoms with E-state index in [9.17, 15) is 4.79 Å². The Morgan fingerprint density at radius 3 is 2.57 bits per heavy atom. The van der Waals surface area contributed by atoms with E-state index in [0.29, 0.717) is 5.56 Å². The summed E-state index contributed by atoms with van der Waals surface area (Å²) in [5, 5.41) is 0.970. The van der Waals surface area contributed by atoms with E-state index in [1.807, 2.05) is 18.2 Å². The van der Waals surface area contributed by atoms with Gasteiger partial charge in [0.1, 0.15) is 0 Å². The number of fused-ring (bicyclic) bond motifs is 1. The van der Waals surface area contributed by atoms with Crippen molar-refractivity contribution in [2.24, 2.45) is 5.73 Å². The van der Waals surface area contributed by atoms with E-state index in [0.717, 1.165) is 29.4 Å². The molecule has 3 nitrogen and oxygen atoms in total. The van der Waals surface area contributed by atoms with Gasteiger partial charge in [0.05, 0.1) is 11.1 Å². The summed E-state index contributed by atoms with van der Waals surface area (Å²) >= 11 is 0. The number of benzene rings is 1. The molecule has 0 aliphatic heterocycles. The maximum atomic E-state index is 11.5. The van der Waals surface area contributed by atoms with Gasteiger partial charge in [-0.05, 0) is 25.0 Å². The summed E-state index contributed by atoms with van der Waals surface area (Å²) in [5.41, 5.74) is 7.71. The summed E-state index contributed by atoms with van der Waals surface area (Å²) < 4.78 is 0. The van der Waals surface area contributed by atoms with E-state index < -0.39 is 5.91 Å². The third-order valence-electron chi connectivity index (χ3n) is 3.83. The number of aromatic nitrogens is 1. The fourth-order valence-corrected chi connectivity index (χ4v) is 2.61. The van der Waals surface area contributed by atoms with Crippen LogP contribution in [0.2, 0.25) is 0 Å². The van der Waals surface area contributed by atoms with Crippen LogP contribution in [0.3, 0.4) is 0 Å². The summed E-state index contributed by atoms with van der Waals surface area (Å²) in [6, 6.07) is 9.63. The summed E-state index contributed by atoms with van der Waals surface area (Å²) in [4.78, 5) is 16.1. The van der Waals surface area contributed by atoms with Crippen LogP contribution in [0.4, 0.5) is 0 Å². The predicted octanol–water partition coefficient (Wildman–Crippen LogP) is 4.24. The van der Waals surface area contributed by atoms with Crippen molar-refractivity contribution in [3.05, 3.63) is 41.6 Å². The molecular weight excluding hydrogens is 260 g/mol. The van der Waals surface area contributed by atoms with Gasteiger partial charge in [0.2, 0.25) is 0 Å². The first-order valence-corrected chi connectivity index (χ1v) is 7.91. The van der Waals surface area contributed by atoms with Crippen molar-refractivity contribution in [2.75, 3.05) is 0 Å². The lowest BCUT2D eigenvalue weighted by molar-refractivity contribution is 0.100. The summed E-state index contributed by atoms with van der Waals surface area (Å²) in [6.07, 6.45) is 8.60. The Hall–Kier alpha value is -1.90. The van der Waals surface area contributed by atoms with Crippen molar-refractivity contribution in [2.45, 2.75) is 51.9 Å². The Bertz CT molecular complexity index is 607. The van der Waals surface area contributed by atoms with Crippen molar-refractivity contribution in [3.8, 4) is 0 Å². The number of carbonyl (C=O) groups excluding carboxylic acids is 1. The number of carbonyl (C=O) groups is 1. The average Bonchev–Trinajstić information content (AvgIpc) is 2.50. The van der Waals surface area contributed by atoms with Gasteiger partial charge in [-0.2, -0.15) is 0 Å². The predicted molar refractivity (Wildman–Crippen MR) is 87.3 cm³/mol. The zero-order valence-corrected chi connectivity index (χ0v) is 12.8. The molecule has 2 rings (SSSR count). The van der Waals surface area contributed by atoms with Crippen molar-refractivity contribution in [1.82, 2.24) is 4.98 Å². The molecule has 0 spiro atoms. The maximum absolute atomic E-state index is 11.5. The normalized spacial score (nSPS) is 10.9. The zero-order valence-electron chi connectivity index (χ0n) is 12.8. The van der Waals surface area contributed by atoms with Gasteiger partial charge in [-0.25, -0.2) is 0 Å². The van der Waals surface area contributed by atoms with Crippen LogP contribution < -0.4 is 5.73 Å². The molecule has 1 aromatic carbocycles. The molecule has 112 valence electrons. The summed E-state index contributed by atoms with van der Waals surface area (Å²) in [5.74, 6) is -0.412. The van der Waals surface area contributed by atoms with E-state index in [-0.39, 0.29) is 0 Å². The molecule has 0 unspecified atom stereocenters. The van der Waals surface area contributed by atoms with Gasteiger partial charge < -0.3 is 5.73 Å². The third kappa shape index (κ3) is 4.28. The van der Waals surface area contributed by atoms with Crippen molar-refractivity contribution in [3.63, 3.8) is 0 Å². The molecule has 0 radical (unpaired) electrons. The van der Waals surface area contributed by atoms with Crippen LogP contribution in [-0.4, -0.2) is 10.9 Å². The zero-order chi connectivity index (χ0) is 15.1. The van der Waals surface area contributed by atoms with Gasteiger partial charge in [0, 0.05) is 11.1 Å². The minimum atomic E-state index is -0.412. The van der Waals surface area contributed by atoms with Crippen molar-refractivity contribution >= 4 is 16.8 Å². The van der Waals surface area contributed by atoms with E-state index in [1.54, 1.807) is 6.07 Å². The lowest BCUT2D eigenvalue weighted by atomic mass is 10.1. The number of primary amides is 1. The molecule has 3 heteroatoms. The highest BCUT2D eigenvalue weighted by atomic mass is 16.1. The number of para-hydroxylation sites is 1. The van der Waals surface area contributed by atoms with Gasteiger partial charge in [-0.3, -0.25) is 9.78 Å². The molecule has 0 saturated carbocycles. The fourth-order valence-electron chi connectivity index (χ4n) is 2.61. The van der Waals surface area contributed by atoms with Crippen LogP contribution in [0.5, 0.6) is 0 Å². The number of nitrogens with two attached hydrogens (primary N) is 1. The summed E-state index contributed by atoms with van der Waals surface area (Å²) in [7, 11) is 0. The molecule has 21 heavy (non-hydrogen) atoms. The van der Waals surface area contributed by atoms with Gasteiger partial charge >= 0.3 is 0 Å². The lowest BCUT2D eigenvalue weighted by Gasteiger charge is -2.06. The number of rotatable bonds is 8. The van der Waals surface area contributed by atoms with E-state index in [2.05, 4.69) is 18.0 Å². The monoisotopic (exact) mass is 284 g/mol. The number of amides is 1. The van der Waals surface area contributed by atoms with E-state index in [4.69, 9.17) is 5.73 Å². The molecule has 1 amide bonds. The molecule has 0 aliphatic rings. The van der Waals surface area contributed by atoms with Crippen LogP contribution in [0, 0.1) is 0 Å². The van der Waals surface area contributed by atoms with Gasteiger partial charge in [0.15, 0.2) is 0 Å². The lowest BCUT2D eigenvalue weighted by Crippen LogP contribution is -2.12. The Kier molecular flexibility index (Phi) is 5.73. The molecule has 0 aliphatic carbocycles. The first-order chi connectivity index (χ1) is 10.2. The van der Waals surface area contributed by atoms with E-state index >= 15 is 0 Å². The average molecular weight is 284 g/mol. The molecule has 0 fully saturated rings. The SMILES string of the molecule is CCCCCCCCc1ccc2cccc(C(N)=O)c2n1. The number of unbranched alkanes of at least 4 members (excludes halogenated alkanes) is 5. The fraction of sp³-hybridized carbons (Fsp3) is 0.444. The molecule has 0 saturated heterocycles. The standard InChI is InChI=1S/C18H24N2O/c1-2-3-4-5-6-7-10-15-13-12-14-9-8-11-16(18(19)21)17(14)20-15/h8-9,11-13H,2-7,10H2,1H3,(H2,19,21). The van der Waals surface area contributed by atoms with Crippen LogP contribution in [0.15, 0.2) is 30.3 Å². The Labute approximate surface area is 126 Å². The van der Waals surface area contributed by atoms with Gasteiger partial charge in [-0.1, -0.05) is 57.2 Å². The van der Waals surface area contributed by atoms with Crippen LogP contribution in [0.25, 0.3) is 10.9 Å². The molecule has 1 aromatic heterocycles. The van der Waals surface area contributed by atoms with Crippen molar-refractivity contribution in [1.29, 1.82) is 0 Å². The topological polar surface area (TPSA) is 56.0 Å². The van der Waals surface area contributed by atoms with Gasteiger partial charge in [-0.15, -0.1) is 0 Å². The highest BCUT2D eigenvalue weighted by molar-refractivity contribution is 6.04. The van der Waals surface area contributed by atoms with Gasteiger partial charge in [0.25, 0.3) is 5.91 Å². The molecule has 2 aromatic rings. The number of hydrogen-bond acceptors (Lipinski definition) is 2. The Morgan fingerprint density at radius 2 is 1.81 bits per heavy atom. The Balaban J connectivity index is 2.01.